The summed E-state index contributed by atoms with van der Waals surface area (Å²) in [5.41, 5.74) is 0. The molecule has 0 aliphatic carbocycles. The van der Waals surface area contributed by atoms with Crippen molar-refractivity contribution in [2.24, 2.45) is 0 Å². The van der Waals surface area contributed by atoms with Crippen LogP contribution in [0.25, 0.3) is 0 Å². The lowest BCUT2D eigenvalue weighted by Gasteiger charge is -2.13. The van der Waals surface area contributed by atoms with Gasteiger partial charge in [0, 0.05) is 13.0 Å². The Balaban J connectivity index is 1.94. The maximum atomic E-state index is 13.3. The molecule has 4 nitrogen and oxygen atoms in total. The number of hydrogen-bond acceptors (Lipinski definition) is 4. The van der Waals surface area contributed by atoms with Gasteiger partial charge in [-0.3, -0.25) is 4.79 Å². The van der Waals surface area contributed by atoms with E-state index >= 15 is 0 Å². The van der Waals surface area contributed by atoms with Crippen LogP contribution >= 0.6 is 0 Å². The molecule has 2 rings (SSSR count). The lowest BCUT2D eigenvalue weighted by Crippen LogP contribution is -2.31. The number of esters is 1. The highest BCUT2D eigenvalue weighted by Gasteiger charge is 2.31. The fourth-order valence-corrected chi connectivity index (χ4v) is 1.83. The number of para-hydroxylation sites is 1. The van der Waals surface area contributed by atoms with Crippen molar-refractivity contribution in [3.8, 4) is 5.75 Å². The topological polar surface area (TPSA) is 47.6 Å². The first-order valence-corrected chi connectivity index (χ1v) is 5.43. The molecule has 1 aliphatic rings. The predicted octanol–water partition coefficient (Wildman–Crippen LogP) is 1.11. The molecule has 1 saturated heterocycles. The normalized spacial score (nSPS) is 23.4. The number of carbonyl (C=O) groups is 1. The van der Waals surface area contributed by atoms with Crippen LogP contribution in [-0.4, -0.2) is 31.8 Å². The van der Waals surface area contributed by atoms with Gasteiger partial charge in [0.2, 0.25) is 0 Å². The summed E-state index contributed by atoms with van der Waals surface area (Å²) in [4.78, 5) is 11.3. The zero-order chi connectivity index (χ0) is 12.3. The van der Waals surface area contributed by atoms with Gasteiger partial charge in [-0.25, -0.2) is 4.39 Å². The largest absolute Gasteiger partial charge is 0.486 e. The van der Waals surface area contributed by atoms with E-state index in [9.17, 15) is 9.18 Å². The van der Waals surface area contributed by atoms with E-state index in [-0.39, 0.29) is 23.9 Å². The Morgan fingerprint density at radius 1 is 1.47 bits per heavy atom. The number of rotatable bonds is 3. The van der Waals surface area contributed by atoms with Crippen LogP contribution < -0.4 is 10.1 Å². The maximum absolute atomic E-state index is 13.3. The molecule has 0 bridgehead atoms. The molecule has 1 aromatic carbocycles. The van der Waals surface area contributed by atoms with Crippen molar-refractivity contribution in [2.75, 3.05) is 13.7 Å². The molecule has 0 aromatic heterocycles. The molecular formula is C12H14FNO3. The van der Waals surface area contributed by atoms with E-state index in [1.807, 2.05) is 0 Å². The Morgan fingerprint density at radius 3 is 2.94 bits per heavy atom. The Hall–Kier alpha value is -1.62. The lowest BCUT2D eigenvalue weighted by molar-refractivity contribution is -0.142. The van der Waals surface area contributed by atoms with Crippen molar-refractivity contribution in [3.05, 3.63) is 30.1 Å². The molecule has 17 heavy (non-hydrogen) atoms. The van der Waals surface area contributed by atoms with Crippen LogP contribution in [-0.2, 0) is 9.53 Å². The second-order valence-corrected chi connectivity index (χ2v) is 3.89. The monoisotopic (exact) mass is 239 g/mol. The fourth-order valence-electron chi connectivity index (χ4n) is 1.83. The van der Waals surface area contributed by atoms with Crippen LogP contribution in [0.3, 0.4) is 0 Å². The minimum atomic E-state index is -0.394. The SMILES string of the molecule is COC(=O)[C@@H]1C[C@H](Oc2ccccc2F)CN1. The molecule has 1 aromatic rings. The van der Waals surface area contributed by atoms with E-state index < -0.39 is 5.82 Å². The zero-order valence-electron chi connectivity index (χ0n) is 9.48. The molecule has 2 atom stereocenters. The number of benzene rings is 1. The van der Waals surface area contributed by atoms with E-state index in [1.165, 1.54) is 13.2 Å². The Bertz CT molecular complexity index is 410. The van der Waals surface area contributed by atoms with Gasteiger partial charge in [-0.1, -0.05) is 12.1 Å². The quantitative estimate of drug-likeness (QED) is 0.803. The third kappa shape index (κ3) is 2.74. The summed E-state index contributed by atoms with van der Waals surface area (Å²) < 4.78 is 23.4. The minimum Gasteiger partial charge on any atom is -0.486 e. The molecule has 0 spiro atoms. The number of ether oxygens (including phenoxy) is 2. The van der Waals surface area contributed by atoms with Crippen molar-refractivity contribution in [3.63, 3.8) is 0 Å². The molecule has 5 heteroatoms. The second-order valence-electron chi connectivity index (χ2n) is 3.89. The third-order valence-electron chi connectivity index (χ3n) is 2.71. The number of carbonyl (C=O) groups excluding carboxylic acids is 1. The summed E-state index contributed by atoms with van der Waals surface area (Å²) in [5.74, 6) is -0.497. The van der Waals surface area contributed by atoms with Crippen molar-refractivity contribution in [1.82, 2.24) is 5.32 Å². The Labute approximate surface area is 98.7 Å². The second kappa shape index (κ2) is 5.14. The molecule has 0 amide bonds. The summed E-state index contributed by atoms with van der Waals surface area (Å²) in [6.07, 6.45) is 0.275. The molecule has 0 unspecified atom stereocenters. The van der Waals surface area contributed by atoms with E-state index in [4.69, 9.17) is 4.74 Å². The average molecular weight is 239 g/mol. The molecule has 1 aliphatic heterocycles. The average Bonchev–Trinajstić information content (AvgIpc) is 2.80. The standard InChI is InChI=1S/C12H14FNO3/c1-16-12(15)10-6-8(7-14-10)17-11-5-3-2-4-9(11)13/h2-5,8,10,14H,6-7H2,1H3/t8-,10-/m0/s1. The minimum absolute atomic E-state index is 0.212. The predicted molar refractivity (Wildman–Crippen MR) is 59.2 cm³/mol. The van der Waals surface area contributed by atoms with Crippen LogP contribution in [0.5, 0.6) is 5.75 Å². The Morgan fingerprint density at radius 2 is 2.24 bits per heavy atom. The van der Waals surface area contributed by atoms with Crippen LogP contribution in [0.1, 0.15) is 6.42 Å². The molecular weight excluding hydrogens is 225 g/mol. The smallest absolute Gasteiger partial charge is 0.323 e. The van der Waals surface area contributed by atoms with E-state index in [0.717, 1.165) is 0 Å². The molecule has 1 fully saturated rings. The van der Waals surface area contributed by atoms with E-state index in [0.29, 0.717) is 13.0 Å². The van der Waals surface area contributed by atoms with Gasteiger partial charge in [0.1, 0.15) is 12.1 Å². The first-order valence-electron chi connectivity index (χ1n) is 5.43. The molecule has 0 saturated carbocycles. The first kappa shape index (κ1) is 11.9. The van der Waals surface area contributed by atoms with Crippen LogP contribution in [0.2, 0.25) is 0 Å². The lowest BCUT2D eigenvalue weighted by atomic mass is 10.2. The van der Waals surface area contributed by atoms with Crippen molar-refractivity contribution >= 4 is 5.97 Å². The van der Waals surface area contributed by atoms with Crippen LogP contribution in [0.15, 0.2) is 24.3 Å². The zero-order valence-corrected chi connectivity index (χ0v) is 9.48. The number of halogens is 1. The Kier molecular flexibility index (Phi) is 3.58. The molecule has 0 radical (unpaired) electrons. The highest BCUT2D eigenvalue weighted by atomic mass is 19.1. The van der Waals surface area contributed by atoms with Crippen LogP contribution in [0.4, 0.5) is 4.39 Å². The fraction of sp³-hybridized carbons (Fsp3) is 0.417. The van der Waals surface area contributed by atoms with Crippen molar-refractivity contribution < 1.29 is 18.7 Å². The van der Waals surface area contributed by atoms with Gasteiger partial charge >= 0.3 is 5.97 Å². The summed E-state index contributed by atoms with van der Waals surface area (Å²) in [5, 5.41) is 2.98. The number of hydrogen-bond donors (Lipinski definition) is 1. The van der Waals surface area contributed by atoms with Gasteiger partial charge < -0.3 is 14.8 Å². The maximum Gasteiger partial charge on any atom is 0.323 e. The summed E-state index contributed by atoms with van der Waals surface area (Å²) >= 11 is 0. The molecule has 92 valence electrons. The van der Waals surface area contributed by atoms with Gasteiger partial charge in [0.05, 0.1) is 7.11 Å². The third-order valence-corrected chi connectivity index (χ3v) is 2.71. The first-order chi connectivity index (χ1) is 8.20. The van der Waals surface area contributed by atoms with Gasteiger partial charge in [-0.2, -0.15) is 0 Å². The highest BCUT2D eigenvalue weighted by Crippen LogP contribution is 2.20. The summed E-state index contributed by atoms with van der Waals surface area (Å²) in [7, 11) is 1.34. The van der Waals surface area contributed by atoms with Crippen molar-refractivity contribution in [1.29, 1.82) is 0 Å². The number of methoxy groups -OCH3 is 1. The van der Waals surface area contributed by atoms with Gasteiger partial charge in [-0.15, -0.1) is 0 Å². The van der Waals surface area contributed by atoms with Gasteiger partial charge in [-0.05, 0) is 12.1 Å². The van der Waals surface area contributed by atoms with Crippen molar-refractivity contribution in [2.45, 2.75) is 18.6 Å². The van der Waals surface area contributed by atoms with Gasteiger partial charge in [0.25, 0.3) is 0 Å². The van der Waals surface area contributed by atoms with E-state index in [2.05, 4.69) is 10.1 Å². The number of nitrogens with one attached hydrogen (secondary N) is 1. The van der Waals surface area contributed by atoms with Gasteiger partial charge in [0.15, 0.2) is 11.6 Å². The van der Waals surface area contributed by atoms with Crippen LogP contribution in [0, 0.1) is 5.82 Å². The van der Waals surface area contributed by atoms with E-state index in [1.54, 1.807) is 18.2 Å². The summed E-state index contributed by atoms with van der Waals surface area (Å²) in [6.45, 7) is 0.508. The molecule has 1 heterocycles. The molecule has 1 N–H and O–H groups in total. The highest BCUT2D eigenvalue weighted by molar-refractivity contribution is 5.76. The summed E-state index contributed by atoms with van der Waals surface area (Å²) in [6, 6.07) is 5.86.